The monoisotopic (exact) mass is 291 g/mol. The molecule has 0 aromatic rings. The summed E-state index contributed by atoms with van der Waals surface area (Å²) in [5.74, 6) is 0.304. The molecule has 0 aromatic carbocycles. The van der Waals surface area contributed by atoms with Crippen molar-refractivity contribution in [3.63, 3.8) is 0 Å². The van der Waals surface area contributed by atoms with E-state index in [1.807, 2.05) is 4.90 Å². The highest BCUT2D eigenvalue weighted by Crippen LogP contribution is 2.11. The normalized spacial score (nSPS) is 24.9. The Bertz CT molecular complexity index is 273. The molecule has 2 fully saturated rings. The van der Waals surface area contributed by atoms with E-state index in [-0.39, 0.29) is 12.4 Å². The van der Waals surface area contributed by atoms with Gasteiger partial charge in [0.1, 0.15) is 0 Å². The molecule has 0 radical (unpaired) electrons. The molecule has 1 unspecified atom stereocenters. The molecule has 19 heavy (non-hydrogen) atoms. The number of rotatable bonds is 4. The molecule has 1 atom stereocenters. The van der Waals surface area contributed by atoms with Crippen LogP contribution in [0.1, 0.15) is 19.8 Å². The quantitative estimate of drug-likeness (QED) is 0.811. The summed E-state index contributed by atoms with van der Waals surface area (Å²) in [4.78, 5) is 16.5. The van der Waals surface area contributed by atoms with Crippen LogP contribution in [0.25, 0.3) is 0 Å². The number of nitrogens with zero attached hydrogens (tertiary/aromatic N) is 2. The summed E-state index contributed by atoms with van der Waals surface area (Å²) < 4.78 is 5.48. The van der Waals surface area contributed by atoms with Crippen molar-refractivity contribution in [3.8, 4) is 0 Å². The Balaban J connectivity index is 0.00000180. The van der Waals surface area contributed by atoms with Crippen molar-refractivity contribution in [2.24, 2.45) is 0 Å². The van der Waals surface area contributed by atoms with E-state index < -0.39 is 0 Å². The highest BCUT2D eigenvalue weighted by atomic mass is 35.5. The van der Waals surface area contributed by atoms with Gasteiger partial charge in [-0.15, -0.1) is 12.4 Å². The van der Waals surface area contributed by atoms with E-state index in [1.54, 1.807) is 0 Å². The van der Waals surface area contributed by atoms with Crippen molar-refractivity contribution in [3.05, 3.63) is 0 Å². The predicted molar refractivity (Wildman–Crippen MR) is 77.8 cm³/mol. The molecule has 2 aliphatic heterocycles. The molecule has 0 saturated carbocycles. The largest absolute Gasteiger partial charge is 0.378 e. The molecule has 5 nitrogen and oxygen atoms in total. The van der Waals surface area contributed by atoms with Crippen molar-refractivity contribution in [1.29, 1.82) is 0 Å². The van der Waals surface area contributed by atoms with E-state index >= 15 is 0 Å². The number of ether oxygens (including phenoxy) is 1. The Morgan fingerprint density at radius 2 is 2.05 bits per heavy atom. The van der Waals surface area contributed by atoms with Crippen molar-refractivity contribution in [2.45, 2.75) is 25.8 Å². The summed E-state index contributed by atoms with van der Waals surface area (Å²) in [6, 6.07) is 0.495. The first-order valence-electron chi connectivity index (χ1n) is 7.11. The number of piperazine rings is 1. The van der Waals surface area contributed by atoms with Crippen LogP contribution in [0, 0.1) is 0 Å². The maximum atomic E-state index is 12.1. The second kappa shape index (κ2) is 8.74. The maximum Gasteiger partial charge on any atom is 0.223 e. The van der Waals surface area contributed by atoms with Gasteiger partial charge in [0.15, 0.2) is 0 Å². The van der Waals surface area contributed by atoms with Crippen LogP contribution in [0.2, 0.25) is 0 Å². The molecular weight excluding hydrogens is 266 g/mol. The number of morpholine rings is 1. The minimum absolute atomic E-state index is 0. The highest BCUT2D eigenvalue weighted by molar-refractivity contribution is 5.85. The smallest absolute Gasteiger partial charge is 0.223 e. The molecule has 112 valence electrons. The summed E-state index contributed by atoms with van der Waals surface area (Å²) in [6.07, 6.45) is 1.75. The number of halogens is 1. The molecule has 1 N–H and O–H groups in total. The first-order valence-corrected chi connectivity index (χ1v) is 7.11. The van der Waals surface area contributed by atoms with Gasteiger partial charge >= 0.3 is 0 Å². The Morgan fingerprint density at radius 1 is 1.32 bits per heavy atom. The Labute approximate surface area is 122 Å². The minimum Gasteiger partial charge on any atom is -0.378 e. The molecule has 0 bridgehead atoms. The van der Waals surface area contributed by atoms with Crippen LogP contribution in [0.5, 0.6) is 0 Å². The first kappa shape index (κ1) is 16.7. The third-order valence-electron chi connectivity index (χ3n) is 3.90. The molecule has 0 aliphatic carbocycles. The van der Waals surface area contributed by atoms with Crippen molar-refractivity contribution < 1.29 is 9.53 Å². The SMILES string of the molecule is CCC1COCCN1CCC(=O)N1CCNCC1.Cl. The van der Waals surface area contributed by atoms with Gasteiger partial charge in [-0.25, -0.2) is 0 Å². The van der Waals surface area contributed by atoms with Crippen LogP contribution < -0.4 is 5.32 Å². The lowest BCUT2D eigenvalue weighted by Crippen LogP contribution is -2.49. The molecule has 2 aliphatic rings. The fourth-order valence-corrected chi connectivity index (χ4v) is 2.67. The zero-order valence-electron chi connectivity index (χ0n) is 11.8. The van der Waals surface area contributed by atoms with E-state index in [9.17, 15) is 4.79 Å². The number of carbonyl (C=O) groups is 1. The summed E-state index contributed by atoms with van der Waals surface area (Å²) in [6.45, 7) is 9.24. The topological polar surface area (TPSA) is 44.8 Å². The van der Waals surface area contributed by atoms with E-state index in [2.05, 4.69) is 17.1 Å². The van der Waals surface area contributed by atoms with Crippen LogP contribution in [0.3, 0.4) is 0 Å². The third kappa shape index (κ3) is 4.91. The molecular formula is C13H26ClN3O2. The van der Waals surface area contributed by atoms with Gasteiger partial charge in [0.05, 0.1) is 13.2 Å². The first-order chi connectivity index (χ1) is 8.81. The van der Waals surface area contributed by atoms with Gasteiger partial charge in [-0.05, 0) is 6.42 Å². The van der Waals surface area contributed by atoms with Gasteiger partial charge in [-0.1, -0.05) is 6.92 Å². The Kier molecular flexibility index (Phi) is 7.68. The average Bonchev–Trinajstić information content (AvgIpc) is 2.46. The fourth-order valence-electron chi connectivity index (χ4n) is 2.67. The lowest BCUT2D eigenvalue weighted by Gasteiger charge is -2.35. The van der Waals surface area contributed by atoms with Crippen molar-refractivity contribution in [1.82, 2.24) is 15.1 Å². The van der Waals surface area contributed by atoms with E-state index in [0.29, 0.717) is 18.4 Å². The predicted octanol–water partition coefficient (Wildman–Crippen LogP) is 0.341. The van der Waals surface area contributed by atoms with Gasteiger partial charge in [0.2, 0.25) is 5.91 Å². The molecule has 1 amide bonds. The molecule has 2 saturated heterocycles. The molecule has 2 rings (SSSR count). The van der Waals surface area contributed by atoms with Crippen molar-refractivity contribution >= 4 is 18.3 Å². The maximum absolute atomic E-state index is 12.1. The Hall–Kier alpha value is -0.360. The van der Waals surface area contributed by atoms with Gasteiger partial charge in [-0.3, -0.25) is 9.69 Å². The van der Waals surface area contributed by atoms with Crippen molar-refractivity contribution in [2.75, 3.05) is 52.5 Å². The lowest BCUT2D eigenvalue weighted by molar-refractivity contribution is -0.132. The molecule has 0 aromatic heterocycles. The van der Waals surface area contributed by atoms with Crippen LogP contribution in [0.4, 0.5) is 0 Å². The number of hydrogen-bond acceptors (Lipinski definition) is 4. The van der Waals surface area contributed by atoms with Gasteiger partial charge < -0.3 is 15.0 Å². The Morgan fingerprint density at radius 3 is 2.74 bits per heavy atom. The number of hydrogen-bond donors (Lipinski definition) is 1. The minimum atomic E-state index is 0. The summed E-state index contributed by atoms with van der Waals surface area (Å²) in [7, 11) is 0. The summed E-state index contributed by atoms with van der Waals surface area (Å²) >= 11 is 0. The van der Waals surface area contributed by atoms with Crippen LogP contribution in [-0.2, 0) is 9.53 Å². The van der Waals surface area contributed by atoms with Crippen LogP contribution in [-0.4, -0.2) is 74.2 Å². The van der Waals surface area contributed by atoms with Gasteiger partial charge in [0, 0.05) is 51.7 Å². The van der Waals surface area contributed by atoms with E-state index in [4.69, 9.17) is 4.74 Å². The van der Waals surface area contributed by atoms with E-state index in [1.165, 1.54) is 0 Å². The molecule has 0 spiro atoms. The average molecular weight is 292 g/mol. The van der Waals surface area contributed by atoms with Gasteiger partial charge in [0.25, 0.3) is 0 Å². The second-order valence-electron chi connectivity index (χ2n) is 5.05. The number of amides is 1. The van der Waals surface area contributed by atoms with Crippen LogP contribution in [0.15, 0.2) is 0 Å². The standard InChI is InChI=1S/C13H25N3O2.ClH/c1-2-12-11-18-10-9-15(12)6-3-13(17)16-7-4-14-5-8-16;/h12,14H,2-11H2,1H3;1H. The fraction of sp³-hybridized carbons (Fsp3) is 0.923. The number of carbonyl (C=O) groups excluding carboxylic acids is 1. The van der Waals surface area contributed by atoms with Gasteiger partial charge in [-0.2, -0.15) is 0 Å². The highest BCUT2D eigenvalue weighted by Gasteiger charge is 2.23. The summed E-state index contributed by atoms with van der Waals surface area (Å²) in [5, 5.41) is 3.27. The third-order valence-corrected chi connectivity index (χ3v) is 3.90. The van der Waals surface area contributed by atoms with E-state index in [0.717, 1.165) is 58.9 Å². The second-order valence-corrected chi connectivity index (χ2v) is 5.05. The molecule has 6 heteroatoms. The van der Waals surface area contributed by atoms with Crippen LogP contribution >= 0.6 is 12.4 Å². The zero-order valence-corrected chi connectivity index (χ0v) is 12.6. The number of nitrogens with one attached hydrogen (secondary N) is 1. The lowest BCUT2D eigenvalue weighted by atomic mass is 10.1. The summed E-state index contributed by atoms with van der Waals surface area (Å²) in [5.41, 5.74) is 0. The zero-order chi connectivity index (χ0) is 12.8. The molecule has 2 heterocycles.